The molecule has 4 rings (SSSR count). The maximum Gasteiger partial charge on any atom is 0.235 e. The number of piperidine rings is 1. The standard InChI is InChI=1S/C20H25N5O3S/c1-3-15-22-20-25(23-15)19(27)17(29-20)16(13-5-4-6-14(11-13)28-2)24-9-7-12(8-10-24)18(21)26/h4-6,11-12,16,27H,3,7-10H2,1-2H3,(H2,21,26)/p+1/t16-/m0/s1. The third kappa shape index (κ3) is 3.67. The van der Waals surface area contributed by atoms with Gasteiger partial charge in [0, 0.05) is 30.7 Å². The van der Waals surface area contributed by atoms with Crippen LogP contribution in [0.1, 0.15) is 42.1 Å². The van der Waals surface area contributed by atoms with Crippen LogP contribution in [0.4, 0.5) is 0 Å². The number of rotatable bonds is 6. The van der Waals surface area contributed by atoms with E-state index in [0.29, 0.717) is 17.2 Å². The van der Waals surface area contributed by atoms with Gasteiger partial charge in [0.05, 0.1) is 20.2 Å². The van der Waals surface area contributed by atoms with Crippen LogP contribution in [0, 0.1) is 5.92 Å². The molecule has 1 amide bonds. The second kappa shape index (κ2) is 8.00. The van der Waals surface area contributed by atoms with Crippen LogP contribution in [-0.4, -0.2) is 45.8 Å². The SMILES string of the molecule is CCc1nc2sc([C@H](c3cccc(OC)c3)[NH+]3CCC(C(N)=O)CC3)c(O)n2n1. The van der Waals surface area contributed by atoms with Crippen LogP contribution in [0.2, 0.25) is 0 Å². The number of nitrogens with zero attached hydrogens (tertiary/aromatic N) is 3. The van der Waals surface area contributed by atoms with Crippen molar-refractivity contribution in [3.8, 4) is 11.6 Å². The summed E-state index contributed by atoms with van der Waals surface area (Å²) in [6.45, 7) is 3.58. The smallest absolute Gasteiger partial charge is 0.235 e. The van der Waals surface area contributed by atoms with Crippen molar-refractivity contribution in [2.24, 2.45) is 11.7 Å². The van der Waals surface area contributed by atoms with Gasteiger partial charge in [-0.25, -0.2) is 4.98 Å². The first-order valence-electron chi connectivity index (χ1n) is 9.87. The summed E-state index contributed by atoms with van der Waals surface area (Å²) < 4.78 is 6.95. The highest BCUT2D eigenvalue weighted by atomic mass is 32.1. The number of aromatic hydroxyl groups is 1. The molecule has 1 fully saturated rings. The molecule has 9 heteroatoms. The van der Waals surface area contributed by atoms with Crippen molar-refractivity contribution in [1.82, 2.24) is 14.6 Å². The van der Waals surface area contributed by atoms with E-state index >= 15 is 0 Å². The lowest BCUT2D eigenvalue weighted by molar-refractivity contribution is -0.930. The number of nitrogens with two attached hydrogens (primary N) is 1. The largest absolute Gasteiger partial charge is 0.497 e. The van der Waals surface area contributed by atoms with E-state index in [4.69, 9.17) is 10.5 Å². The first-order chi connectivity index (χ1) is 14.0. The molecule has 4 N–H and O–H groups in total. The Morgan fingerprint density at radius 1 is 1.45 bits per heavy atom. The molecule has 1 aliphatic heterocycles. The summed E-state index contributed by atoms with van der Waals surface area (Å²) >= 11 is 1.46. The summed E-state index contributed by atoms with van der Waals surface area (Å²) in [4.78, 5) is 18.9. The van der Waals surface area contributed by atoms with Gasteiger partial charge in [-0.1, -0.05) is 30.4 Å². The van der Waals surface area contributed by atoms with E-state index in [1.807, 2.05) is 31.2 Å². The van der Waals surface area contributed by atoms with Gasteiger partial charge < -0.3 is 20.5 Å². The molecule has 29 heavy (non-hydrogen) atoms. The van der Waals surface area contributed by atoms with Crippen molar-refractivity contribution >= 4 is 22.2 Å². The van der Waals surface area contributed by atoms with Gasteiger partial charge in [0.1, 0.15) is 10.6 Å². The summed E-state index contributed by atoms with van der Waals surface area (Å²) in [5.74, 6) is 1.31. The molecule has 1 atom stereocenters. The Kier molecular flexibility index (Phi) is 5.42. The molecule has 3 aromatic rings. The van der Waals surface area contributed by atoms with Gasteiger partial charge >= 0.3 is 0 Å². The van der Waals surface area contributed by atoms with E-state index in [0.717, 1.165) is 42.1 Å². The predicted octanol–water partition coefficient (Wildman–Crippen LogP) is 0.937. The summed E-state index contributed by atoms with van der Waals surface area (Å²) in [7, 11) is 1.65. The minimum Gasteiger partial charge on any atom is -0.497 e. The highest BCUT2D eigenvalue weighted by Gasteiger charge is 2.36. The van der Waals surface area contributed by atoms with Crippen molar-refractivity contribution in [2.45, 2.75) is 32.2 Å². The van der Waals surface area contributed by atoms with Crippen molar-refractivity contribution in [3.05, 3.63) is 40.5 Å². The third-order valence-corrected chi connectivity index (χ3v) is 6.77. The number of likely N-dealkylation sites (tertiary alicyclic amines) is 1. The van der Waals surface area contributed by atoms with E-state index in [-0.39, 0.29) is 23.7 Å². The second-order valence-electron chi connectivity index (χ2n) is 7.41. The maximum atomic E-state index is 11.6. The number of aromatic nitrogens is 3. The highest BCUT2D eigenvalue weighted by Crippen LogP contribution is 2.36. The zero-order chi connectivity index (χ0) is 20.5. The normalized spacial score (nSPS) is 20.6. The molecule has 0 spiro atoms. The fourth-order valence-corrected chi connectivity index (χ4v) is 5.24. The number of carbonyl (C=O) groups is 1. The molecule has 0 aliphatic carbocycles. The molecular formula is C20H26N5O3S+. The molecule has 1 saturated heterocycles. The minimum atomic E-state index is -0.226. The lowest BCUT2D eigenvalue weighted by Crippen LogP contribution is -3.13. The molecule has 8 nitrogen and oxygen atoms in total. The lowest BCUT2D eigenvalue weighted by Gasteiger charge is -2.33. The zero-order valence-electron chi connectivity index (χ0n) is 16.6. The topological polar surface area (TPSA) is 107 Å². The Morgan fingerprint density at radius 3 is 2.83 bits per heavy atom. The Bertz CT molecular complexity index is 1020. The van der Waals surface area contributed by atoms with Crippen molar-refractivity contribution in [3.63, 3.8) is 0 Å². The van der Waals surface area contributed by atoms with Crippen LogP contribution >= 0.6 is 11.3 Å². The number of aryl methyl sites for hydroxylation is 1. The van der Waals surface area contributed by atoms with Crippen LogP contribution in [-0.2, 0) is 11.2 Å². The molecule has 154 valence electrons. The summed E-state index contributed by atoms with van der Waals surface area (Å²) in [6.07, 6.45) is 2.20. The van der Waals surface area contributed by atoms with Gasteiger partial charge in [0.15, 0.2) is 11.9 Å². The van der Waals surface area contributed by atoms with Crippen LogP contribution in [0.25, 0.3) is 4.96 Å². The van der Waals surface area contributed by atoms with Gasteiger partial charge in [0.25, 0.3) is 0 Å². The lowest BCUT2D eigenvalue weighted by atomic mass is 9.93. The number of quaternary nitrogens is 1. The number of methoxy groups -OCH3 is 1. The van der Waals surface area contributed by atoms with Crippen LogP contribution < -0.4 is 15.4 Å². The molecule has 1 aliphatic rings. The molecule has 0 bridgehead atoms. The number of carbonyl (C=O) groups excluding carboxylic acids is 1. The van der Waals surface area contributed by atoms with Crippen LogP contribution in [0.5, 0.6) is 11.6 Å². The fraction of sp³-hybridized carbons (Fsp3) is 0.450. The van der Waals surface area contributed by atoms with Crippen LogP contribution in [0.15, 0.2) is 24.3 Å². The monoisotopic (exact) mass is 416 g/mol. The number of ether oxygens (including phenoxy) is 1. The van der Waals surface area contributed by atoms with E-state index in [9.17, 15) is 9.90 Å². The average Bonchev–Trinajstić information content (AvgIpc) is 3.28. The maximum absolute atomic E-state index is 11.6. The first-order valence-corrected chi connectivity index (χ1v) is 10.7. The number of benzene rings is 1. The molecular weight excluding hydrogens is 390 g/mol. The molecule has 3 heterocycles. The third-order valence-electron chi connectivity index (χ3n) is 5.69. The van der Waals surface area contributed by atoms with Crippen molar-refractivity contribution in [1.29, 1.82) is 0 Å². The summed E-state index contributed by atoms with van der Waals surface area (Å²) in [5, 5.41) is 15.4. The average molecular weight is 417 g/mol. The van der Waals surface area contributed by atoms with Gasteiger partial charge in [-0.3, -0.25) is 4.79 Å². The van der Waals surface area contributed by atoms with Gasteiger partial charge in [-0.2, -0.15) is 4.52 Å². The number of fused-ring (bicyclic) bond motifs is 1. The Balaban J connectivity index is 1.75. The number of amides is 1. The minimum absolute atomic E-state index is 0.0762. The van der Waals surface area contributed by atoms with E-state index in [2.05, 4.69) is 10.1 Å². The number of nitrogens with one attached hydrogen (secondary N) is 1. The summed E-state index contributed by atoms with van der Waals surface area (Å²) in [5.41, 5.74) is 6.56. The van der Waals surface area contributed by atoms with E-state index in [1.165, 1.54) is 20.8 Å². The molecule has 1 aromatic carbocycles. The van der Waals surface area contributed by atoms with Crippen LogP contribution in [0.3, 0.4) is 0 Å². The fourth-order valence-electron chi connectivity index (χ4n) is 4.08. The van der Waals surface area contributed by atoms with Crippen molar-refractivity contribution < 1.29 is 19.5 Å². The molecule has 0 unspecified atom stereocenters. The number of hydrogen-bond acceptors (Lipinski definition) is 6. The number of hydrogen-bond donors (Lipinski definition) is 3. The van der Waals surface area contributed by atoms with E-state index in [1.54, 1.807) is 7.11 Å². The number of primary amides is 1. The Hall–Kier alpha value is -2.65. The van der Waals surface area contributed by atoms with Gasteiger partial charge in [-0.05, 0) is 12.1 Å². The van der Waals surface area contributed by atoms with Gasteiger partial charge in [0.2, 0.25) is 16.7 Å². The first kappa shape index (κ1) is 19.7. The zero-order valence-corrected chi connectivity index (χ0v) is 17.4. The van der Waals surface area contributed by atoms with Gasteiger partial charge in [-0.15, -0.1) is 5.10 Å². The van der Waals surface area contributed by atoms with E-state index < -0.39 is 0 Å². The second-order valence-corrected chi connectivity index (χ2v) is 8.42. The Morgan fingerprint density at radius 2 is 2.21 bits per heavy atom. The quantitative estimate of drug-likeness (QED) is 0.554. The molecule has 0 saturated carbocycles. The highest BCUT2D eigenvalue weighted by molar-refractivity contribution is 7.17. The number of thiazole rings is 1. The predicted molar refractivity (Wildman–Crippen MR) is 109 cm³/mol. The van der Waals surface area contributed by atoms with Crippen molar-refractivity contribution in [2.75, 3.05) is 20.2 Å². The molecule has 0 radical (unpaired) electrons. The molecule has 2 aromatic heterocycles. The Labute approximate surface area is 172 Å². The summed E-state index contributed by atoms with van der Waals surface area (Å²) in [6, 6.07) is 7.82.